The Morgan fingerprint density at radius 2 is 2.19 bits per heavy atom. The van der Waals surface area contributed by atoms with Crippen molar-refractivity contribution in [3.63, 3.8) is 0 Å². The zero-order valence-electron chi connectivity index (χ0n) is 11.6. The van der Waals surface area contributed by atoms with E-state index in [1.165, 1.54) is 24.5 Å². The molecule has 0 saturated heterocycles. The maximum Gasteiger partial charge on any atom is 0.241 e. The van der Waals surface area contributed by atoms with Crippen LogP contribution in [0.5, 0.6) is 5.75 Å². The largest absolute Gasteiger partial charge is 0.494 e. The maximum absolute atomic E-state index is 13.3. The molecule has 0 amide bonds. The van der Waals surface area contributed by atoms with Crippen LogP contribution in [0.25, 0.3) is 0 Å². The van der Waals surface area contributed by atoms with Crippen LogP contribution in [0, 0.1) is 5.82 Å². The molecule has 8 heteroatoms. The van der Waals surface area contributed by atoms with Crippen molar-refractivity contribution in [1.82, 2.24) is 9.71 Å². The summed E-state index contributed by atoms with van der Waals surface area (Å²) >= 11 is 1.49. The smallest absolute Gasteiger partial charge is 0.241 e. The maximum atomic E-state index is 13.3. The predicted molar refractivity (Wildman–Crippen MR) is 78.5 cm³/mol. The normalized spacial score (nSPS) is 11.6. The van der Waals surface area contributed by atoms with Crippen molar-refractivity contribution in [2.24, 2.45) is 0 Å². The molecule has 0 fully saturated rings. The fourth-order valence-electron chi connectivity index (χ4n) is 1.65. The molecule has 1 N–H and O–H groups in total. The monoisotopic (exact) mass is 330 g/mol. The lowest BCUT2D eigenvalue weighted by atomic mass is 10.3. The van der Waals surface area contributed by atoms with Crippen molar-refractivity contribution in [1.29, 1.82) is 0 Å². The SMILES string of the molecule is CCc1nc(CNS(=O)(=O)c2ccc(F)c(OC)c2)cs1. The van der Waals surface area contributed by atoms with E-state index in [-0.39, 0.29) is 17.2 Å². The fourth-order valence-corrected chi connectivity index (χ4v) is 3.41. The standard InChI is InChI=1S/C13H15FN2O3S2/c1-3-13-16-9(8-20-13)7-15-21(17,18)10-4-5-11(14)12(6-10)19-2/h4-6,8,15H,3,7H2,1-2H3. The lowest BCUT2D eigenvalue weighted by molar-refractivity contribution is 0.385. The third kappa shape index (κ3) is 3.78. The van der Waals surface area contributed by atoms with Crippen molar-refractivity contribution < 1.29 is 17.5 Å². The molecule has 0 unspecified atom stereocenters. The number of nitrogens with one attached hydrogen (secondary N) is 1. The molecule has 21 heavy (non-hydrogen) atoms. The van der Waals surface area contributed by atoms with Crippen LogP contribution in [-0.4, -0.2) is 20.5 Å². The molecule has 5 nitrogen and oxygen atoms in total. The van der Waals surface area contributed by atoms with Gasteiger partial charge in [-0.25, -0.2) is 22.5 Å². The van der Waals surface area contributed by atoms with E-state index in [0.29, 0.717) is 5.69 Å². The minimum Gasteiger partial charge on any atom is -0.494 e. The second-order valence-electron chi connectivity index (χ2n) is 4.21. The fraction of sp³-hybridized carbons (Fsp3) is 0.308. The first kappa shape index (κ1) is 15.9. The van der Waals surface area contributed by atoms with Gasteiger partial charge in [-0.05, 0) is 18.6 Å². The third-order valence-electron chi connectivity index (χ3n) is 2.78. The summed E-state index contributed by atoms with van der Waals surface area (Å²) in [6.45, 7) is 2.08. The van der Waals surface area contributed by atoms with Crippen LogP contribution in [0.3, 0.4) is 0 Å². The minimum atomic E-state index is -3.74. The summed E-state index contributed by atoms with van der Waals surface area (Å²) in [5, 5.41) is 2.76. The van der Waals surface area contributed by atoms with E-state index in [1.807, 2.05) is 12.3 Å². The molecule has 0 spiro atoms. The van der Waals surface area contributed by atoms with Crippen molar-refractivity contribution in [2.75, 3.05) is 7.11 Å². The van der Waals surface area contributed by atoms with E-state index in [2.05, 4.69) is 9.71 Å². The van der Waals surface area contributed by atoms with Gasteiger partial charge in [0.1, 0.15) is 0 Å². The summed E-state index contributed by atoms with van der Waals surface area (Å²) in [4.78, 5) is 4.23. The Labute approximate surface area is 126 Å². The summed E-state index contributed by atoms with van der Waals surface area (Å²) in [6, 6.07) is 3.40. The topological polar surface area (TPSA) is 68.3 Å². The number of hydrogen-bond donors (Lipinski definition) is 1. The van der Waals surface area contributed by atoms with Gasteiger partial charge in [0.05, 0.1) is 29.3 Å². The molecule has 1 heterocycles. The highest BCUT2D eigenvalue weighted by molar-refractivity contribution is 7.89. The molecule has 1 aromatic carbocycles. The van der Waals surface area contributed by atoms with Crippen LogP contribution in [0.4, 0.5) is 4.39 Å². The average molecular weight is 330 g/mol. The van der Waals surface area contributed by atoms with Gasteiger partial charge in [0.15, 0.2) is 11.6 Å². The molecule has 0 saturated carbocycles. The van der Waals surface area contributed by atoms with Crippen LogP contribution in [-0.2, 0) is 23.0 Å². The number of benzene rings is 1. The van der Waals surface area contributed by atoms with Gasteiger partial charge in [0, 0.05) is 11.4 Å². The van der Waals surface area contributed by atoms with Gasteiger partial charge < -0.3 is 4.74 Å². The summed E-state index contributed by atoms with van der Waals surface area (Å²) < 4.78 is 44.8. The molecule has 0 aliphatic heterocycles. The third-order valence-corrected chi connectivity index (χ3v) is 5.22. The summed E-state index contributed by atoms with van der Waals surface area (Å²) in [6.07, 6.45) is 0.812. The van der Waals surface area contributed by atoms with Crippen LogP contribution < -0.4 is 9.46 Å². The molecule has 2 aromatic rings. The van der Waals surface area contributed by atoms with Gasteiger partial charge in [-0.15, -0.1) is 11.3 Å². The van der Waals surface area contributed by atoms with Crippen LogP contribution in [0.15, 0.2) is 28.5 Å². The summed E-state index contributed by atoms with van der Waals surface area (Å²) in [7, 11) is -2.46. The van der Waals surface area contributed by atoms with E-state index in [4.69, 9.17) is 4.74 Å². The number of ether oxygens (including phenoxy) is 1. The van der Waals surface area contributed by atoms with E-state index in [9.17, 15) is 12.8 Å². The molecule has 2 rings (SSSR count). The van der Waals surface area contributed by atoms with Gasteiger partial charge in [-0.3, -0.25) is 0 Å². The van der Waals surface area contributed by atoms with Gasteiger partial charge in [-0.1, -0.05) is 6.92 Å². The number of rotatable bonds is 6. The molecule has 0 aliphatic rings. The van der Waals surface area contributed by atoms with Crippen molar-refractivity contribution in [3.05, 3.63) is 40.1 Å². The van der Waals surface area contributed by atoms with E-state index < -0.39 is 15.8 Å². The highest BCUT2D eigenvalue weighted by Crippen LogP contribution is 2.21. The lowest BCUT2D eigenvalue weighted by Gasteiger charge is -2.07. The molecular formula is C13H15FN2O3S2. The number of thiazole rings is 1. The van der Waals surface area contributed by atoms with E-state index >= 15 is 0 Å². The number of hydrogen-bond acceptors (Lipinski definition) is 5. The predicted octanol–water partition coefficient (Wildman–Crippen LogP) is 2.33. The van der Waals surface area contributed by atoms with Crippen molar-refractivity contribution in [3.8, 4) is 5.75 Å². The first-order chi connectivity index (χ1) is 9.96. The van der Waals surface area contributed by atoms with E-state index in [1.54, 1.807) is 0 Å². The Hall–Kier alpha value is -1.51. The molecular weight excluding hydrogens is 315 g/mol. The van der Waals surface area contributed by atoms with Crippen LogP contribution in [0.1, 0.15) is 17.6 Å². The molecule has 0 radical (unpaired) electrons. The molecule has 114 valence electrons. The number of aromatic nitrogens is 1. The average Bonchev–Trinajstić information content (AvgIpc) is 2.93. The Kier molecular flexibility index (Phi) is 4.92. The Bertz CT molecular complexity index is 729. The van der Waals surface area contributed by atoms with Gasteiger partial charge in [0.2, 0.25) is 10.0 Å². The zero-order chi connectivity index (χ0) is 15.5. The number of methoxy groups -OCH3 is 1. The summed E-state index contributed by atoms with van der Waals surface area (Å²) in [5.41, 5.74) is 0.662. The lowest BCUT2D eigenvalue weighted by Crippen LogP contribution is -2.23. The van der Waals surface area contributed by atoms with Gasteiger partial charge >= 0.3 is 0 Å². The van der Waals surface area contributed by atoms with Crippen molar-refractivity contribution >= 4 is 21.4 Å². The number of halogens is 1. The Morgan fingerprint density at radius 1 is 1.43 bits per heavy atom. The second kappa shape index (κ2) is 6.50. The first-order valence-electron chi connectivity index (χ1n) is 6.22. The number of aryl methyl sites for hydroxylation is 1. The van der Waals surface area contributed by atoms with Gasteiger partial charge in [0.25, 0.3) is 0 Å². The summed E-state index contributed by atoms with van der Waals surface area (Å²) in [5.74, 6) is -0.719. The molecule has 1 aromatic heterocycles. The quantitative estimate of drug-likeness (QED) is 0.883. The Balaban J connectivity index is 2.14. The van der Waals surface area contributed by atoms with Gasteiger partial charge in [-0.2, -0.15) is 0 Å². The van der Waals surface area contributed by atoms with Crippen molar-refractivity contribution in [2.45, 2.75) is 24.8 Å². The second-order valence-corrected chi connectivity index (χ2v) is 6.92. The highest BCUT2D eigenvalue weighted by atomic mass is 32.2. The number of nitrogens with zero attached hydrogens (tertiary/aromatic N) is 1. The molecule has 0 atom stereocenters. The number of sulfonamides is 1. The zero-order valence-corrected chi connectivity index (χ0v) is 13.2. The first-order valence-corrected chi connectivity index (χ1v) is 8.59. The Morgan fingerprint density at radius 3 is 2.81 bits per heavy atom. The minimum absolute atomic E-state index is 0.0494. The molecule has 0 aliphatic carbocycles. The van der Waals surface area contributed by atoms with Crippen LogP contribution >= 0.6 is 11.3 Å². The molecule has 0 bridgehead atoms. The highest BCUT2D eigenvalue weighted by Gasteiger charge is 2.17. The van der Waals surface area contributed by atoms with Crippen LogP contribution in [0.2, 0.25) is 0 Å². The van der Waals surface area contributed by atoms with E-state index in [0.717, 1.165) is 23.6 Å².